The molecule has 0 aliphatic carbocycles. The highest BCUT2D eigenvalue weighted by Gasteiger charge is 2.17. The Balaban J connectivity index is 2.72. The molecule has 2 rings (SSSR count). The van der Waals surface area contributed by atoms with Crippen LogP contribution in [-0.4, -0.2) is 0 Å². The minimum Gasteiger partial charge on any atom is -0.207 e. The zero-order valence-electron chi connectivity index (χ0n) is 8.20. The van der Waals surface area contributed by atoms with Gasteiger partial charge in [-0.25, -0.2) is 17.6 Å². The predicted molar refractivity (Wildman–Crippen MR) is 55.6 cm³/mol. The van der Waals surface area contributed by atoms with Gasteiger partial charge in [0, 0.05) is 28.8 Å². The summed E-state index contributed by atoms with van der Waals surface area (Å²) in [6, 6.07) is 5.23. The molecule has 0 N–H and O–H groups in total. The number of halogens is 5. The smallest absolute Gasteiger partial charge is 0.136 e. The molecule has 0 unspecified atom stereocenters. The Morgan fingerprint density at radius 3 is 2.12 bits per heavy atom. The summed E-state index contributed by atoms with van der Waals surface area (Å²) in [5, 5.41) is -0.0733. The fourth-order valence-electron chi connectivity index (χ4n) is 1.41. The minimum absolute atomic E-state index is 0.0733. The van der Waals surface area contributed by atoms with Crippen molar-refractivity contribution in [2.75, 3.05) is 0 Å². The molecule has 2 aromatic carbocycles. The maximum Gasteiger partial charge on any atom is 0.136 e. The van der Waals surface area contributed by atoms with Gasteiger partial charge in [-0.1, -0.05) is 11.6 Å². The average molecular weight is 260 g/mol. The Labute approximate surface area is 99.5 Å². The summed E-state index contributed by atoms with van der Waals surface area (Å²) >= 11 is 5.69. The first-order valence-corrected chi connectivity index (χ1v) is 4.89. The SMILES string of the molecule is Fc1[c]c(-c2c(F)cc(F)cc2F)c(Cl)cc1. The molecule has 0 atom stereocenters. The van der Waals surface area contributed by atoms with Crippen LogP contribution in [-0.2, 0) is 0 Å². The molecule has 0 spiro atoms. The Morgan fingerprint density at radius 1 is 0.941 bits per heavy atom. The van der Waals surface area contributed by atoms with Crippen molar-refractivity contribution in [3.8, 4) is 11.1 Å². The van der Waals surface area contributed by atoms with E-state index in [1.54, 1.807) is 0 Å². The van der Waals surface area contributed by atoms with Crippen LogP contribution in [0.4, 0.5) is 17.6 Å². The van der Waals surface area contributed by atoms with Crippen molar-refractivity contribution < 1.29 is 17.6 Å². The quantitative estimate of drug-likeness (QED) is 0.668. The van der Waals surface area contributed by atoms with Gasteiger partial charge < -0.3 is 0 Å². The van der Waals surface area contributed by atoms with Gasteiger partial charge in [-0.15, -0.1) is 0 Å². The van der Waals surface area contributed by atoms with Gasteiger partial charge in [-0.05, 0) is 12.1 Å². The summed E-state index contributed by atoms with van der Waals surface area (Å²) in [7, 11) is 0. The Kier molecular flexibility index (Phi) is 3.07. The molecular formula is C12H4ClF4. The van der Waals surface area contributed by atoms with E-state index in [-0.39, 0.29) is 10.6 Å². The van der Waals surface area contributed by atoms with Crippen LogP contribution in [0.25, 0.3) is 11.1 Å². The van der Waals surface area contributed by atoms with Gasteiger partial charge in [0.25, 0.3) is 0 Å². The van der Waals surface area contributed by atoms with Gasteiger partial charge in [-0.3, -0.25) is 0 Å². The van der Waals surface area contributed by atoms with Crippen molar-refractivity contribution in [3.63, 3.8) is 0 Å². The Hall–Kier alpha value is -1.55. The molecule has 0 saturated carbocycles. The van der Waals surface area contributed by atoms with Crippen molar-refractivity contribution in [3.05, 3.63) is 58.6 Å². The van der Waals surface area contributed by atoms with E-state index in [4.69, 9.17) is 11.6 Å². The van der Waals surface area contributed by atoms with E-state index in [0.717, 1.165) is 12.1 Å². The maximum absolute atomic E-state index is 13.4. The second kappa shape index (κ2) is 4.37. The third kappa shape index (κ3) is 2.26. The second-order valence-electron chi connectivity index (χ2n) is 3.27. The summed E-state index contributed by atoms with van der Waals surface area (Å²) in [5.74, 6) is -4.19. The third-order valence-electron chi connectivity index (χ3n) is 2.12. The molecule has 0 saturated heterocycles. The first-order valence-electron chi connectivity index (χ1n) is 4.51. The molecule has 0 fully saturated rings. The van der Waals surface area contributed by atoms with Gasteiger partial charge in [0.1, 0.15) is 23.3 Å². The monoisotopic (exact) mass is 259 g/mol. The summed E-state index contributed by atoms with van der Waals surface area (Å²) in [5.41, 5.74) is -0.877. The van der Waals surface area contributed by atoms with Crippen LogP contribution < -0.4 is 0 Å². The van der Waals surface area contributed by atoms with E-state index < -0.39 is 28.8 Å². The van der Waals surface area contributed by atoms with E-state index in [0.29, 0.717) is 12.1 Å². The number of rotatable bonds is 1. The van der Waals surface area contributed by atoms with Crippen molar-refractivity contribution in [1.82, 2.24) is 0 Å². The molecule has 0 aliphatic rings. The zero-order chi connectivity index (χ0) is 12.6. The molecule has 5 heteroatoms. The molecule has 0 heterocycles. The fourth-order valence-corrected chi connectivity index (χ4v) is 1.62. The van der Waals surface area contributed by atoms with E-state index >= 15 is 0 Å². The second-order valence-corrected chi connectivity index (χ2v) is 3.68. The molecule has 2 aromatic rings. The van der Waals surface area contributed by atoms with Crippen LogP contribution in [0, 0.1) is 29.3 Å². The topological polar surface area (TPSA) is 0 Å². The standard InChI is InChI=1S/C12H4ClF4/c13-9-2-1-6(14)3-8(9)12-10(16)4-7(15)5-11(12)17/h1-2,4-5H. The van der Waals surface area contributed by atoms with Gasteiger partial charge in [0.05, 0.1) is 5.56 Å². The number of benzene rings is 2. The first kappa shape index (κ1) is 11.9. The summed E-state index contributed by atoms with van der Waals surface area (Å²) in [6.45, 7) is 0. The highest BCUT2D eigenvalue weighted by Crippen LogP contribution is 2.32. The summed E-state index contributed by atoms with van der Waals surface area (Å²) in [4.78, 5) is 0. The van der Waals surface area contributed by atoms with Gasteiger partial charge >= 0.3 is 0 Å². The molecule has 0 bridgehead atoms. The van der Waals surface area contributed by atoms with Crippen molar-refractivity contribution in [2.45, 2.75) is 0 Å². The van der Waals surface area contributed by atoms with Crippen LogP contribution in [0.15, 0.2) is 24.3 Å². The normalized spacial score (nSPS) is 10.6. The van der Waals surface area contributed by atoms with Crippen LogP contribution >= 0.6 is 11.6 Å². The lowest BCUT2D eigenvalue weighted by Gasteiger charge is -2.07. The molecule has 0 aromatic heterocycles. The average Bonchev–Trinajstić information content (AvgIpc) is 2.21. The van der Waals surface area contributed by atoms with Crippen LogP contribution in [0.5, 0.6) is 0 Å². The van der Waals surface area contributed by atoms with E-state index in [1.807, 2.05) is 0 Å². The lowest BCUT2D eigenvalue weighted by atomic mass is 10.0. The molecule has 0 aliphatic heterocycles. The van der Waals surface area contributed by atoms with Gasteiger partial charge in [0.2, 0.25) is 0 Å². The Morgan fingerprint density at radius 2 is 1.53 bits per heavy atom. The lowest BCUT2D eigenvalue weighted by Crippen LogP contribution is -1.94. The largest absolute Gasteiger partial charge is 0.207 e. The van der Waals surface area contributed by atoms with Crippen LogP contribution in [0.2, 0.25) is 5.02 Å². The molecular weight excluding hydrogens is 256 g/mol. The van der Waals surface area contributed by atoms with Crippen LogP contribution in [0.3, 0.4) is 0 Å². The summed E-state index contributed by atoms with van der Waals surface area (Å²) < 4.78 is 52.5. The molecule has 17 heavy (non-hydrogen) atoms. The minimum atomic E-state index is -1.16. The lowest BCUT2D eigenvalue weighted by molar-refractivity contribution is 0.547. The molecule has 87 valence electrons. The summed E-state index contributed by atoms with van der Waals surface area (Å²) in [6.07, 6.45) is 0. The van der Waals surface area contributed by atoms with Crippen LogP contribution in [0.1, 0.15) is 0 Å². The van der Waals surface area contributed by atoms with Crippen molar-refractivity contribution in [1.29, 1.82) is 0 Å². The Bertz CT molecular complexity index is 558. The zero-order valence-corrected chi connectivity index (χ0v) is 8.96. The van der Waals surface area contributed by atoms with E-state index in [2.05, 4.69) is 6.07 Å². The number of hydrogen-bond acceptors (Lipinski definition) is 0. The highest BCUT2D eigenvalue weighted by atomic mass is 35.5. The van der Waals surface area contributed by atoms with Gasteiger partial charge in [-0.2, -0.15) is 0 Å². The third-order valence-corrected chi connectivity index (χ3v) is 2.43. The first-order chi connectivity index (χ1) is 7.99. The predicted octanol–water partition coefficient (Wildman–Crippen LogP) is 4.36. The number of hydrogen-bond donors (Lipinski definition) is 0. The highest BCUT2D eigenvalue weighted by molar-refractivity contribution is 6.33. The van der Waals surface area contributed by atoms with Crippen molar-refractivity contribution in [2.24, 2.45) is 0 Å². The van der Waals surface area contributed by atoms with E-state index in [9.17, 15) is 17.6 Å². The van der Waals surface area contributed by atoms with E-state index in [1.165, 1.54) is 0 Å². The molecule has 1 radical (unpaired) electrons. The molecule has 0 nitrogen and oxygen atoms in total. The maximum atomic E-state index is 13.4. The molecule has 0 amide bonds. The van der Waals surface area contributed by atoms with Gasteiger partial charge in [0.15, 0.2) is 0 Å². The fraction of sp³-hybridized carbons (Fsp3) is 0. The van der Waals surface area contributed by atoms with Crippen molar-refractivity contribution >= 4 is 11.6 Å².